The van der Waals surface area contributed by atoms with Crippen LogP contribution in [0.15, 0.2) is 59.3 Å². The lowest BCUT2D eigenvalue weighted by atomic mass is 9.95. The van der Waals surface area contributed by atoms with Crippen molar-refractivity contribution in [1.29, 1.82) is 0 Å². The third-order valence-corrected chi connectivity index (χ3v) is 7.65. The van der Waals surface area contributed by atoms with E-state index in [4.69, 9.17) is 9.15 Å². The van der Waals surface area contributed by atoms with Crippen LogP contribution in [0.3, 0.4) is 0 Å². The molecule has 0 saturated carbocycles. The van der Waals surface area contributed by atoms with Gasteiger partial charge in [-0.05, 0) is 70.5 Å². The van der Waals surface area contributed by atoms with E-state index in [1.165, 1.54) is 32.4 Å². The average molecular weight is 512 g/mol. The van der Waals surface area contributed by atoms with Gasteiger partial charge in [0.1, 0.15) is 11.3 Å². The summed E-state index contributed by atoms with van der Waals surface area (Å²) in [5, 5.41) is 4.29. The monoisotopic (exact) mass is 511 g/mol. The van der Waals surface area contributed by atoms with E-state index < -0.39 is 11.8 Å². The summed E-state index contributed by atoms with van der Waals surface area (Å²) >= 11 is 0. The molecule has 0 aliphatic carbocycles. The molecule has 2 aromatic heterocycles. The number of amides is 2. The fourth-order valence-corrected chi connectivity index (χ4v) is 5.77. The van der Waals surface area contributed by atoms with Crippen molar-refractivity contribution in [2.24, 2.45) is 0 Å². The lowest BCUT2D eigenvalue weighted by Crippen LogP contribution is -2.31. The highest BCUT2D eigenvalue weighted by Crippen LogP contribution is 2.40. The second kappa shape index (κ2) is 10.1. The number of rotatable bonds is 8. The summed E-state index contributed by atoms with van der Waals surface area (Å²) < 4.78 is 14.0. The molecule has 4 aromatic rings. The molecule has 0 unspecified atom stereocenters. The van der Waals surface area contributed by atoms with E-state index in [1.54, 1.807) is 6.26 Å². The molecule has 0 atom stereocenters. The Morgan fingerprint density at radius 1 is 0.974 bits per heavy atom. The normalized spacial score (nSPS) is 16.8. The van der Waals surface area contributed by atoms with Crippen molar-refractivity contribution in [2.75, 3.05) is 26.2 Å². The minimum atomic E-state index is -0.413. The van der Waals surface area contributed by atoms with Crippen molar-refractivity contribution in [3.8, 4) is 5.75 Å². The van der Waals surface area contributed by atoms with E-state index >= 15 is 0 Å². The summed E-state index contributed by atoms with van der Waals surface area (Å²) in [5.74, 6) is -0.0485. The van der Waals surface area contributed by atoms with E-state index in [0.29, 0.717) is 28.9 Å². The molecule has 0 spiro atoms. The highest BCUT2D eigenvalue weighted by Gasteiger charge is 2.35. The SMILES string of the molecule is CC(C)n1cc(C2=C(c3cccc4ccoc34)C(=O)NC2=O)c2cc(OCCCN3CCCCC3)ccc21. The van der Waals surface area contributed by atoms with Crippen molar-refractivity contribution in [2.45, 2.75) is 45.6 Å². The van der Waals surface area contributed by atoms with Gasteiger partial charge in [0.25, 0.3) is 11.8 Å². The molecule has 1 fully saturated rings. The number of carbonyl (C=O) groups excluding carboxylic acids is 2. The topological polar surface area (TPSA) is 76.7 Å². The first-order chi connectivity index (χ1) is 18.5. The Bertz CT molecular complexity index is 1550. The fourth-order valence-electron chi connectivity index (χ4n) is 5.77. The summed E-state index contributed by atoms with van der Waals surface area (Å²) in [6.45, 7) is 8.26. The molecule has 0 bridgehead atoms. The van der Waals surface area contributed by atoms with Gasteiger partial charge in [0.2, 0.25) is 0 Å². The number of imide groups is 1. The molecule has 2 aromatic carbocycles. The largest absolute Gasteiger partial charge is 0.494 e. The van der Waals surface area contributed by atoms with E-state index in [-0.39, 0.29) is 6.04 Å². The third kappa shape index (κ3) is 4.41. The maximum Gasteiger partial charge on any atom is 0.259 e. The number of nitrogens with zero attached hydrogens (tertiary/aromatic N) is 2. The Kier molecular flexibility index (Phi) is 6.54. The molecule has 2 amide bonds. The Morgan fingerprint density at radius 3 is 2.55 bits per heavy atom. The lowest BCUT2D eigenvalue weighted by Gasteiger charge is -2.26. The lowest BCUT2D eigenvalue weighted by molar-refractivity contribution is -0.122. The van der Waals surface area contributed by atoms with Gasteiger partial charge in [0.05, 0.1) is 24.0 Å². The van der Waals surface area contributed by atoms with Crippen LogP contribution < -0.4 is 10.1 Å². The molecular formula is C31H33N3O4. The smallest absolute Gasteiger partial charge is 0.259 e. The van der Waals surface area contributed by atoms with Crippen LogP contribution in [-0.4, -0.2) is 47.5 Å². The first-order valence-corrected chi connectivity index (χ1v) is 13.6. The molecule has 2 aliphatic heterocycles. The van der Waals surface area contributed by atoms with Gasteiger partial charge in [-0.3, -0.25) is 14.9 Å². The van der Waals surface area contributed by atoms with Gasteiger partial charge in [-0.1, -0.05) is 24.6 Å². The number of nitrogens with one attached hydrogen (secondary N) is 1. The number of furan rings is 1. The average Bonchev–Trinajstić information content (AvgIpc) is 3.62. The van der Waals surface area contributed by atoms with Crippen LogP contribution in [0, 0.1) is 0 Å². The Hall–Kier alpha value is -3.84. The van der Waals surface area contributed by atoms with Gasteiger partial charge in [-0.2, -0.15) is 0 Å². The molecule has 0 radical (unpaired) electrons. The predicted octanol–water partition coefficient (Wildman–Crippen LogP) is 5.79. The van der Waals surface area contributed by atoms with Crippen molar-refractivity contribution in [3.05, 3.63) is 66.1 Å². The molecule has 38 heavy (non-hydrogen) atoms. The minimum absolute atomic E-state index is 0.167. The molecular weight excluding hydrogens is 478 g/mol. The second-order valence-electron chi connectivity index (χ2n) is 10.5. The van der Waals surface area contributed by atoms with Gasteiger partial charge in [-0.25, -0.2) is 0 Å². The van der Waals surface area contributed by atoms with E-state index in [0.717, 1.165) is 40.6 Å². The van der Waals surface area contributed by atoms with Gasteiger partial charge in [0.15, 0.2) is 0 Å². The van der Waals surface area contributed by atoms with Crippen molar-refractivity contribution < 1.29 is 18.7 Å². The fraction of sp³-hybridized carbons (Fsp3) is 0.355. The number of para-hydroxylation sites is 1. The number of piperidine rings is 1. The maximum absolute atomic E-state index is 13.2. The number of fused-ring (bicyclic) bond motifs is 2. The molecule has 196 valence electrons. The van der Waals surface area contributed by atoms with Gasteiger partial charge >= 0.3 is 0 Å². The first-order valence-electron chi connectivity index (χ1n) is 13.6. The van der Waals surface area contributed by atoms with Gasteiger partial charge in [0, 0.05) is 46.2 Å². The van der Waals surface area contributed by atoms with Gasteiger partial charge < -0.3 is 18.6 Å². The molecule has 7 heteroatoms. The summed E-state index contributed by atoms with van der Waals surface area (Å²) in [6.07, 6.45) is 8.46. The Morgan fingerprint density at radius 2 is 1.76 bits per heavy atom. The summed E-state index contributed by atoms with van der Waals surface area (Å²) in [5.41, 5.74) is 3.62. The third-order valence-electron chi connectivity index (χ3n) is 7.65. The molecule has 7 nitrogen and oxygen atoms in total. The van der Waals surface area contributed by atoms with E-state index in [9.17, 15) is 9.59 Å². The Balaban J connectivity index is 1.39. The zero-order valence-electron chi connectivity index (χ0n) is 22.0. The minimum Gasteiger partial charge on any atom is -0.494 e. The molecule has 1 saturated heterocycles. The maximum atomic E-state index is 13.2. The van der Waals surface area contributed by atoms with E-state index in [1.807, 2.05) is 48.7 Å². The number of likely N-dealkylation sites (tertiary alicyclic amines) is 1. The molecule has 2 aliphatic rings. The summed E-state index contributed by atoms with van der Waals surface area (Å²) in [4.78, 5) is 28.9. The zero-order valence-corrected chi connectivity index (χ0v) is 22.0. The molecule has 4 heterocycles. The van der Waals surface area contributed by atoms with Crippen LogP contribution in [0.5, 0.6) is 5.75 Å². The van der Waals surface area contributed by atoms with Crippen LogP contribution in [0.25, 0.3) is 33.0 Å². The number of hydrogen-bond donors (Lipinski definition) is 1. The van der Waals surface area contributed by atoms with Crippen molar-refractivity contribution >= 4 is 44.8 Å². The van der Waals surface area contributed by atoms with Gasteiger partial charge in [-0.15, -0.1) is 0 Å². The first kappa shape index (κ1) is 24.5. The second-order valence-corrected chi connectivity index (χ2v) is 10.5. The van der Waals surface area contributed by atoms with Crippen LogP contribution in [0.2, 0.25) is 0 Å². The van der Waals surface area contributed by atoms with Crippen LogP contribution in [-0.2, 0) is 9.59 Å². The van der Waals surface area contributed by atoms with E-state index in [2.05, 4.69) is 28.6 Å². The zero-order chi connectivity index (χ0) is 26.2. The number of ether oxygens (including phenoxy) is 1. The number of hydrogen-bond acceptors (Lipinski definition) is 5. The highest BCUT2D eigenvalue weighted by molar-refractivity contribution is 6.50. The van der Waals surface area contributed by atoms with Crippen molar-refractivity contribution in [3.63, 3.8) is 0 Å². The standard InChI is InChI=1S/C31H33N3O4/c1-20(2)34-19-25(24-18-22(10-11-26(24)34)37-16-7-15-33-13-4-3-5-14-33)28-27(30(35)32-31(28)36)23-9-6-8-21-12-17-38-29(21)23/h6,8-12,17-20H,3-5,7,13-16H2,1-2H3,(H,32,35,36). The van der Waals surface area contributed by atoms with Crippen LogP contribution >= 0.6 is 0 Å². The molecule has 6 rings (SSSR count). The quantitative estimate of drug-likeness (QED) is 0.239. The van der Waals surface area contributed by atoms with Crippen molar-refractivity contribution in [1.82, 2.24) is 14.8 Å². The number of aromatic nitrogens is 1. The number of carbonyl (C=O) groups is 2. The van der Waals surface area contributed by atoms with Crippen LogP contribution in [0.1, 0.15) is 56.7 Å². The summed E-state index contributed by atoms with van der Waals surface area (Å²) in [7, 11) is 0. The molecule has 1 N–H and O–H groups in total. The summed E-state index contributed by atoms with van der Waals surface area (Å²) in [6, 6.07) is 13.7. The number of benzene rings is 2. The Labute approximate surface area is 222 Å². The van der Waals surface area contributed by atoms with Crippen LogP contribution in [0.4, 0.5) is 0 Å². The highest BCUT2D eigenvalue weighted by atomic mass is 16.5. The predicted molar refractivity (Wildman–Crippen MR) is 149 cm³/mol.